The molecule has 0 aromatic heterocycles. The summed E-state index contributed by atoms with van der Waals surface area (Å²) >= 11 is 0. The van der Waals surface area contributed by atoms with Crippen molar-refractivity contribution in [1.82, 2.24) is 10.6 Å². The van der Waals surface area contributed by atoms with Gasteiger partial charge in [-0.3, -0.25) is 39.8 Å². The molecule has 0 saturated heterocycles. The minimum atomic E-state index is -0.984. The number of aliphatic hydroxyl groups excluding tert-OH is 1. The third-order valence-corrected chi connectivity index (χ3v) is 12.7. The average molecular weight is 1320 g/mol. The Hall–Kier alpha value is -4.15. The quantitative estimate of drug-likeness (QED) is 0.0237. The summed E-state index contributed by atoms with van der Waals surface area (Å²) in [5.41, 5.74) is 6.48. The number of amides is 2. The Balaban J connectivity index is -0.000000325. The number of carboxylic acid groups (broad SMARTS) is 1. The van der Waals surface area contributed by atoms with Gasteiger partial charge in [0.2, 0.25) is 11.8 Å². The topological polar surface area (TPSA) is 280 Å². The summed E-state index contributed by atoms with van der Waals surface area (Å²) in [6.45, 7) is 17.4. The molecule has 16 nitrogen and oxygen atoms in total. The van der Waals surface area contributed by atoms with Crippen molar-refractivity contribution in [2.45, 2.75) is 166 Å². The van der Waals surface area contributed by atoms with Crippen LogP contribution in [0, 0.1) is 35.5 Å². The van der Waals surface area contributed by atoms with Crippen LogP contribution < -0.4 is 93.7 Å². The first-order chi connectivity index (χ1) is 37.2. The fourth-order valence-electron chi connectivity index (χ4n) is 8.94. The van der Waals surface area contributed by atoms with Gasteiger partial charge in [0.25, 0.3) is 0 Å². The van der Waals surface area contributed by atoms with Gasteiger partial charge in [-0.1, -0.05) is 172 Å². The molecule has 85 heavy (non-hydrogen) atoms. The van der Waals surface area contributed by atoms with E-state index >= 15 is 0 Å². The van der Waals surface area contributed by atoms with Gasteiger partial charge in [0.15, 0.2) is 0 Å². The fourth-order valence-corrected chi connectivity index (χ4v) is 8.94. The minimum Gasteiger partial charge on any atom is -1.00 e. The van der Waals surface area contributed by atoms with Crippen LogP contribution >= 0.6 is 0 Å². The number of halogens is 1. The van der Waals surface area contributed by atoms with Gasteiger partial charge in [-0.2, -0.15) is 0 Å². The van der Waals surface area contributed by atoms with E-state index in [-0.39, 0.29) is 220 Å². The van der Waals surface area contributed by atoms with Gasteiger partial charge in [0.1, 0.15) is 11.6 Å². The number of rotatable bonds is 32. The number of hydrogen-bond acceptors (Lipinski definition) is 13. The molecular weight excluding hydrogens is 1220 g/mol. The molecule has 0 saturated carbocycles. The van der Waals surface area contributed by atoms with Gasteiger partial charge in [0, 0.05) is 50.8 Å². The van der Waals surface area contributed by atoms with Crippen LogP contribution in [0.5, 0.6) is 0 Å². The number of carbonyl (C=O) groups excluding carboxylic acids is 7. The molecule has 6 atom stereocenters. The maximum absolute atomic E-state index is 12.8. The van der Waals surface area contributed by atoms with Gasteiger partial charge in [-0.25, -0.2) is 0 Å². The zero-order valence-electron chi connectivity index (χ0n) is 50.9. The van der Waals surface area contributed by atoms with Crippen molar-refractivity contribution < 1.29 is 152 Å². The summed E-state index contributed by atoms with van der Waals surface area (Å²) in [5.74, 6) is -3.96. The van der Waals surface area contributed by atoms with E-state index in [1.165, 1.54) is 0 Å². The van der Waals surface area contributed by atoms with Crippen molar-refractivity contribution in [3.63, 3.8) is 0 Å². The molecule has 4 rings (SSSR count). The maximum Gasteiger partial charge on any atom is 1.00 e. The number of carbonyl (C=O) groups is 7. The van der Waals surface area contributed by atoms with E-state index in [4.69, 9.17) is 14.6 Å². The summed E-state index contributed by atoms with van der Waals surface area (Å²) in [6.07, 6.45) is 5.01. The normalized spacial score (nSPS) is 12.0. The molecule has 0 fully saturated rings. The molecule has 0 bridgehead atoms. The molecule has 0 unspecified atom stereocenters. The first-order valence-electron chi connectivity index (χ1n) is 27.7. The second-order valence-electron chi connectivity index (χ2n) is 20.8. The molecule has 6 N–H and O–H groups in total. The van der Waals surface area contributed by atoms with Gasteiger partial charge in [0.05, 0.1) is 31.0 Å². The number of ether oxygens (including phenoxy) is 2. The van der Waals surface area contributed by atoms with Gasteiger partial charge in [-0.05, 0) is 105 Å². The molecule has 4 aromatic rings. The third-order valence-electron chi connectivity index (χ3n) is 12.7. The number of Topliss-reactive ketones (excluding diaryl/α,β-unsaturated/α-hetero) is 2. The minimum absolute atomic E-state index is 0. The van der Waals surface area contributed by atoms with Crippen LogP contribution in [0.2, 0.25) is 0 Å². The van der Waals surface area contributed by atoms with Crippen LogP contribution in [0.25, 0.3) is 22.3 Å². The predicted molar refractivity (Wildman–Crippen MR) is 323 cm³/mol. The van der Waals surface area contributed by atoms with Crippen LogP contribution in [0.15, 0.2) is 109 Å². The number of ketones is 2. The molecule has 0 spiro atoms. The van der Waals surface area contributed by atoms with E-state index in [0.717, 1.165) is 33.4 Å². The van der Waals surface area contributed by atoms with Crippen molar-refractivity contribution in [2.75, 3.05) is 19.8 Å². The molecule has 466 valence electrons. The van der Waals surface area contributed by atoms with Gasteiger partial charge in [-0.15, -0.1) is 5.92 Å². The Morgan fingerprint density at radius 1 is 0.506 bits per heavy atom. The Bertz CT molecular complexity index is 2430. The van der Waals surface area contributed by atoms with Crippen LogP contribution in [-0.4, -0.2) is 101 Å². The largest absolute Gasteiger partial charge is 1.00 e. The Labute approximate surface area is 569 Å². The molecule has 0 radical (unpaired) electrons. The molecule has 19 heteroatoms. The number of hydrogen-bond donors (Lipinski definition) is 4. The number of benzene rings is 4. The number of esters is 2. The zero-order valence-corrected chi connectivity index (χ0v) is 57.0. The van der Waals surface area contributed by atoms with Crippen molar-refractivity contribution >= 4 is 47.6 Å². The second-order valence-corrected chi connectivity index (χ2v) is 20.8. The number of aliphatic carboxylic acids is 1. The smallest absolute Gasteiger partial charge is 1.00 e. The average Bonchev–Trinajstić information content (AvgIpc) is 3.44. The van der Waals surface area contributed by atoms with E-state index in [9.17, 15) is 43.5 Å². The van der Waals surface area contributed by atoms with Crippen LogP contribution in [0.3, 0.4) is 0 Å². The van der Waals surface area contributed by atoms with Crippen LogP contribution in [0.1, 0.15) is 153 Å². The third kappa shape index (κ3) is 40.1. The summed E-state index contributed by atoms with van der Waals surface area (Å²) in [6, 6.07) is 35.8. The number of nitrogens with one attached hydrogen (secondary N) is 2. The predicted octanol–water partition coefficient (Wildman–Crippen LogP) is 2.87. The van der Waals surface area contributed by atoms with E-state index in [1.807, 2.05) is 119 Å². The molecular formula is C66H97IN2Na2O14-2. The van der Waals surface area contributed by atoms with E-state index < -0.39 is 23.7 Å². The first-order valence-corrected chi connectivity index (χ1v) is 27.7. The molecule has 0 aliphatic rings. The van der Waals surface area contributed by atoms with Crippen molar-refractivity contribution in [3.05, 3.63) is 120 Å². The van der Waals surface area contributed by atoms with Crippen LogP contribution in [-0.2, 0) is 60.7 Å². The van der Waals surface area contributed by atoms with Crippen LogP contribution in [0.4, 0.5) is 0 Å². The maximum atomic E-state index is 12.8. The van der Waals surface area contributed by atoms with E-state index in [1.54, 1.807) is 34.6 Å². The fraction of sp³-hybridized carbons (Fsp3) is 0.515. The Kier molecular flexibility index (Phi) is 57.3. The summed E-state index contributed by atoms with van der Waals surface area (Å²) in [4.78, 5) is 97.3. The standard InChI is InChI=1S/C31H41NO6.C31H40NO5.C2H6O.2CH4.HI.2Na.2H2O/c1-5-38-31(37)22(4)18-27(19-23-11-13-25(14-12-23)24-9-7-6-8-10-24)32-29(34)16-15-28(33)20-26(30(35)36)17-21(2)3;1-5-37-31(36)23(4)18-28(19-24-11-13-27(14-12-24)26-9-7-6-8-10-26)32-30(35)16-15-29(34)20-25(21-33)17-22(2)3;1-2-3;;;;;;;/h6-14,21-22,26-27H,5,15-20H2,1-4H3,(H,32,34)(H,35,36);6-14,22-23,25,28H,5,15-20H2,1-4H3,(H,32,35);3H,2H2,1H3;2*1H4;1H;;;2*1H2/q;-1;;;;;2*+1;;/p-3/t22-,26-,27+;23-,25-,28+;;;;;;;;/m11......../s1. The SMILES string of the molecule is C.C.CCO.CCOC(=O)[C@H](C)C[C@@H](Cc1ccc(-c2ccccc2)cc1)NC(=O)CCC(=O)C[C@@H](CC(C)C)C(=O)O.CCOC(=O)[C@H](C)C[C@@H](Cc1ccc(-c2ccccc2)cc1)NC(=O)CCC(=O)C[C@H]([C-]=O)CC(C)C.[I-].[Na+].[Na+].[OH-].[OH-]. The molecule has 0 aliphatic heterocycles. The molecule has 4 aromatic carbocycles. The number of carboxylic acids is 1. The van der Waals surface area contributed by atoms with Crippen molar-refractivity contribution in [2.24, 2.45) is 35.5 Å². The summed E-state index contributed by atoms with van der Waals surface area (Å²) in [7, 11) is 0. The number of aliphatic hydroxyl groups is 1. The molecule has 0 aliphatic carbocycles. The first kappa shape index (κ1) is 92.0. The monoisotopic (exact) mass is 1310 g/mol. The van der Waals surface area contributed by atoms with E-state index in [0.29, 0.717) is 51.0 Å². The van der Waals surface area contributed by atoms with Crippen molar-refractivity contribution in [1.29, 1.82) is 0 Å². The second kappa shape index (κ2) is 52.9. The van der Waals surface area contributed by atoms with Crippen molar-refractivity contribution in [3.8, 4) is 22.3 Å². The zero-order chi connectivity index (χ0) is 58.0. The Morgan fingerprint density at radius 2 is 0.835 bits per heavy atom. The molecule has 2 amide bonds. The Morgan fingerprint density at radius 3 is 1.14 bits per heavy atom. The van der Waals surface area contributed by atoms with E-state index in [2.05, 4.69) is 34.9 Å². The van der Waals surface area contributed by atoms with Gasteiger partial charge >= 0.3 is 77.0 Å². The summed E-state index contributed by atoms with van der Waals surface area (Å²) < 4.78 is 10.3. The summed E-state index contributed by atoms with van der Waals surface area (Å²) in [5, 5.41) is 23.0. The van der Waals surface area contributed by atoms with Gasteiger partial charge < -0.3 is 70.0 Å². The molecule has 0 heterocycles.